The molecule has 8 heteroatoms. The summed E-state index contributed by atoms with van der Waals surface area (Å²) in [7, 11) is 0. The third-order valence-electron chi connectivity index (χ3n) is 4.54. The van der Waals surface area contributed by atoms with Crippen LogP contribution in [0.25, 0.3) is 5.65 Å². The van der Waals surface area contributed by atoms with Crippen molar-refractivity contribution in [1.29, 1.82) is 0 Å². The molecular weight excluding hydrogens is 310 g/mol. The van der Waals surface area contributed by atoms with Gasteiger partial charge in [0.25, 0.3) is 5.91 Å². The molecule has 1 aliphatic carbocycles. The van der Waals surface area contributed by atoms with Crippen LogP contribution in [0.1, 0.15) is 35.9 Å². The van der Waals surface area contributed by atoms with Crippen molar-refractivity contribution in [2.24, 2.45) is 0 Å². The van der Waals surface area contributed by atoms with Gasteiger partial charge in [-0.3, -0.25) is 18.9 Å². The first-order valence-electron chi connectivity index (χ1n) is 8.06. The Morgan fingerprint density at radius 2 is 2.12 bits per heavy atom. The van der Waals surface area contributed by atoms with Crippen LogP contribution in [0, 0.1) is 6.92 Å². The molecule has 0 bridgehead atoms. The number of likely N-dealkylation sites (N-methyl/N-ethyl adjacent to an activating group) is 1. The highest BCUT2D eigenvalue weighted by Gasteiger charge is 2.34. The summed E-state index contributed by atoms with van der Waals surface area (Å²) in [5, 5.41) is 19.9. The zero-order valence-corrected chi connectivity index (χ0v) is 13.8. The van der Waals surface area contributed by atoms with E-state index in [1.165, 1.54) is 0 Å². The molecule has 2 heterocycles. The van der Waals surface area contributed by atoms with Crippen molar-refractivity contribution in [1.82, 2.24) is 24.8 Å². The van der Waals surface area contributed by atoms with Crippen molar-refractivity contribution in [3.05, 3.63) is 29.7 Å². The maximum absolute atomic E-state index is 12.4. The highest BCUT2D eigenvalue weighted by Crippen LogP contribution is 2.25. The number of aliphatic carboxylic acids is 1. The normalized spacial score (nSPS) is 20.1. The van der Waals surface area contributed by atoms with E-state index in [1.54, 1.807) is 22.7 Å². The molecule has 1 fully saturated rings. The van der Waals surface area contributed by atoms with E-state index in [-0.39, 0.29) is 24.5 Å². The van der Waals surface area contributed by atoms with E-state index in [1.807, 2.05) is 18.7 Å². The molecule has 0 spiro atoms. The third-order valence-corrected chi connectivity index (χ3v) is 4.54. The Hall–Kier alpha value is -2.48. The van der Waals surface area contributed by atoms with Crippen LogP contribution in [-0.2, 0) is 4.79 Å². The zero-order valence-electron chi connectivity index (χ0n) is 13.8. The van der Waals surface area contributed by atoms with Crippen molar-refractivity contribution < 1.29 is 14.7 Å². The number of nitrogens with zero attached hydrogens (tertiary/aromatic N) is 4. The quantitative estimate of drug-likeness (QED) is 0.808. The second-order valence-electron chi connectivity index (χ2n) is 6.15. The highest BCUT2D eigenvalue weighted by atomic mass is 16.4. The average Bonchev–Trinajstić information content (AvgIpc) is 2.89. The molecule has 3 rings (SSSR count). The molecular formula is C16H21N5O3. The van der Waals surface area contributed by atoms with Gasteiger partial charge in [0.15, 0.2) is 5.65 Å². The largest absolute Gasteiger partial charge is 0.480 e. The number of carbonyl (C=O) groups is 2. The van der Waals surface area contributed by atoms with E-state index in [0.29, 0.717) is 17.8 Å². The maximum Gasteiger partial charge on any atom is 0.317 e. The number of hydrogen-bond acceptors (Lipinski definition) is 5. The number of amides is 1. The van der Waals surface area contributed by atoms with Gasteiger partial charge in [0.2, 0.25) is 0 Å². The van der Waals surface area contributed by atoms with Crippen LogP contribution in [0.15, 0.2) is 18.3 Å². The standard InChI is InChI=1S/C16H21N5O3/c1-3-20(9-15(22)23)13-6-12(7-13)17-16(24)11-4-5-14-19-18-10(2)21(14)8-11/h4-5,8,12-13H,3,6-7,9H2,1-2H3,(H,17,24)(H,22,23). The lowest BCUT2D eigenvalue weighted by atomic mass is 9.85. The minimum Gasteiger partial charge on any atom is -0.480 e. The summed E-state index contributed by atoms with van der Waals surface area (Å²) >= 11 is 0. The minimum absolute atomic E-state index is 0.0470. The molecule has 1 saturated carbocycles. The highest BCUT2D eigenvalue weighted by molar-refractivity contribution is 5.94. The lowest BCUT2D eigenvalue weighted by molar-refractivity contribution is -0.139. The minimum atomic E-state index is -0.818. The van der Waals surface area contributed by atoms with Crippen LogP contribution < -0.4 is 5.32 Å². The fourth-order valence-corrected chi connectivity index (χ4v) is 3.09. The SMILES string of the molecule is CCN(CC(=O)O)C1CC(NC(=O)c2ccc3nnc(C)n3c2)C1. The molecule has 0 atom stereocenters. The van der Waals surface area contributed by atoms with Crippen LogP contribution >= 0.6 is 0 Å². The fraction of sp³-hybridized carbons (Fsp3) is 0.500. The number of carboxylic acid groups (broad SMARTS) is 1. The van der Waals surface area contributed by atoms with Gasteiger partial charge in [-0.2, -0.15) is 0 Å². The molecule has 2 N–H and O–H groups in total. The number of hydrogen-bond donors (Lipinski definition) is 2. The number of aromatic nitrogens is 3. The summed E-state index contributed by atoms with van der Waals surface area (Å²) in [6, 6.07) is 3.81. The smallest absolute Gasteiger partial charge is 0.317 e. The molecule has 0 aromatic carbocycles. The summed E-state index contributed by atoms with van der Waals surface area (Å²) in [6.07, 6.45) is 3.29. The maximum atomic E-state index is 12.4. The Morgan fingerprint density at radius 1 is 1.38 bits per heavy atom. The molecule has 8 nitrogen and oxygen atoms in total. The average molecular weight is 331 g/mol. The van der Waals surface area contributed by atoms with E-state index < -0.39 is 5.97 Å². The number of carboxylic acids is 1. The number of carbonyl (C=O) groups excluding carboxylic acids is 1. The van der Waals surface area contributed by atoms with Crippen LogP contribution in [0.2, 0.25) is 0 Å². The number of aryl methyl sites for hydroxylation is 1. The first-order chi connectivity index (χ1) is 11.5. The molecule has 128 valence electrons. The van der Waals surface area contributed by atoms with Gasteiger partial charge >= 0.3 is 5.97 Å². The van der Waals surface area contributed by atoms with Crippen molar-refractivity contribution in [2.75, 3.05) is 13.1 Å². The van der Waals surface area contributed by atoms with Gasteiger partial charge in [-0.1, -0.05) is 6.92 Å². The molecule has 0 radical (unpaired) electrons. The van der Waals surface area contributed by atoms with E-state index in [4.69, 9.17) is 5.11 Å². The van der Waals surface area contributed by atoms with Gasteiger partial charge < -0.3 is 10.4 Å². The van der Waals surface area contributed by atoms with Crippen LogP contribution in [0.5, 0.6) is 0 Å². The van der Waals surface area contributed by atoms with Crippen molar-refractivity contribution in [3.8, 4) is 0 Å². The van der Waals surface area contributed by atoms with Gasteiger partial charge in [0.1, 0.15) is 5.82 Å². The van der Waals surface area contributed by atoms with Crippen molar-refractivity contribution in [2.45, 2.75) is 38.8 Å². The molecule has 2 aromatic heterocycles. The van der Waals surface area contributed by atoms with Gasteiger partial charge in [-0.25, -0.2) is 0 Å². The van der Waals surface area contributed by atoms with Crippen molar-refractivity contribution in [3.63, 3.8) is 0 Å². The molecule has 0 saturated heterocycles. The Balaban J connectivity index is 1.58. The second-order valence-corrected chi connectivity index (χ2v) is 6.15. The third kappa shape index (κ3) is 3.23. The second kappa shape index (κ2) is 6.56. The molecule has 0 unspecified atom stereocenters. The van der Waals surface area contributed by atoms with Gasteiger partial charge in [0.05, 0.1) is 12.1 Å². The Labute approximate surface area is 139 Å². The van der Waals surface area contributed by atoms with E-state index in [2.05, 4.69) is 15.5 Å². The summed E-state index contributed by atoms with van der Waals surface area (Å²) in [5.74, 6) is -0.215. The number of fused-ring (bicyclic) bond motifs is 1. The lowest BCUT2D eigenvalue weighted by Gasteiger charge is -2.42. The molecule has 1 aliphatic rings. The fourth-order valence-electron chi connectivity index (χ4n) is 3.09. The molecule has 0 aliphatic heterocycles. The summed E-state index contributed by atoms with van der Waals surface area (Å²) in [5.41, 5.74) is 1.27. The lowest BCUT2D eigenvalue weighted by Crippen LogP contribution is -2.54. The summed E-state index contributed by atoms with van der Waals surface area (Å²) in [6.45, 7) is 4.53. The van der Waals surface area contributed by atoms with Crippen LogP contribution in [0.4, 0.5) is 0 Å². The van der Waals surface area contributed by atoms with E-state index in [9.17, 15) is 9.59 Å². The molecule has 1 amide bonds. The Kier molecular flexibility index (Phi) is 4.48. The predicted molar refractivity (Wildman–Crippen MR) is 86.9 cm³/mol. The summed E-state index contributed by atoms with van der Waals surface area (Å²) < 4.78 is 1.78. The van der Waals surface area contributed by atoms with Gasteiger partial charge in [-0.05, 0) is 38.4 Å². The number of rotatable bonds is 6. The van der Waals surface area contributed by atoms with E-state index in [0.717, 1.165) is 18.7 Å². The first kappa shape index (κ1) is 16.4. The van der Waals surface area contributed by atoms with Crippen molar-refractivity contribution >= 4 is 17.5 Å². The van der Waals surface area contributed by atoms with E-state index >= 15 is 0 Å². The van der Waals surface area contributed by atoms with Gasteiger partial charge in [0, 0.05) is 18.3 Å². The van der Waals surface area contributed by atoms with Crippen LogP contribution in [0.3, 0.4) is 0 Å². The summed E-state index contributed by atoms with van der Waals surface area (Å²) in [4.78, 5) is 25.1. The van der Waals surface area contributed by atoms with Gasteiger partial charge in [-0.15, -0.1) is 10.2 Å². The number of pyridine rings is 1. The Morgan fingerprint density at radius 3 is 2.79 bits per heavy atom. The first-order valence-corrected chi connectivity index (χ1v) is 8.06. The topological polar surface area (TPSA) is 99.8 Å². The predicted octanol–water partition coefficient (Wildman–Crippen LogP) is 0.705. The van der Waals surface area contributed by atoms with Crippen LogP contribution in [-0.4, -0.2) is 61.7 Å². The molecule has 24 heavy (non-hydrogen) atoms. The number of nitrogens with one attached hydrogen (secondary N) is 1. The molecule has 2 aromatic rings. The monoisotopic (exact) mass is 331 g/mol. The Bertz CT molecular complexity index is 766. The zero-order chi connectivity index (χ0) is 17.3.